The lowest BCUT2D eigenvalue weighted by atomic mass is 10.2. The van der Waals surface area contributed by atoms with Gasteiger partial charge in [0.1, 0.15) is 6.54 Å². The number of tetrazole rings is 1. The highest BCUT2D eigenvalue weighted by Gasteiger charge is 2.10. The zero-order valence-electron chi connectivity index (χ0n) is 12.3. The van der Waals surface area contributed by atoms with Crippen LogP contribution in [-0.2, 0) is 11.3 Å². The summed E-state index contributed by atoms with van der Waals surface area (Å²) in [4.78, 5) is 13.2. The highest BCUT2D eigenvalue weighted by atomic mass is 35.5. The number of nitriles is 1. The van der Waals surface area contributed by atoms with E-state index in [4.69, 9.17) is 16.9 Å². The van der Waals surface area contributed by atoms with E-state index in [9.17, 15) is 4.79 Å². The van der Waals surface area contributed by atoms with Gasteiger partial charge in [0.05, 0.1) is 11.6 Å². The predicted octanol–water partition coefficient (Wildman–Crippen LogP) is 2.50. The molecular weight excluding hydrogens is 328 g/mol. The van der Waals surface area contributed by atoms with E-state index >= 15 is 0 Å². The van der Waals surface area contributed by atoms with Gasteiger partial charge in [0.2, 0.25) is 11.7 Å². The number of hydrogen-bond acceptors (Lipinski definition) is 5. The molecule has 0 unspecified atom stereocenters. The maximum absolute atomic E-state index is 12.0. The Bertz CT molecular complexity index is 913. The van der Waals surface area contributed by atoms with Gasteiger partial charge in [0.15, 0.2) is 0 Å². The number of nitrogens with one attached hydrogen (secondary N) is 1. The number of benzene rings is 2. The van der Waals surface area contributed by atoms with Gasteiger partial charge in [-0.15, -0.1) is 10.2 Å². The van der Waals surface area contributed by atoms with Crippen molar-refractivity contribution in [2.75, 3.05) is 5.32 Å². The van der Waals surface area contributed by atoms with Crippen molar-refractivity contribution in [3.05, 3.63) is 59.1 Å². The lowest BCUT2D eigenvalue weighted by molar-refractivity contribution is -0.117. The Kier molecular flexibility index (Phi) is 4.50. The van der Waals surface area contributed by atoms with E-state index < -0.39 is 0 Å². The van der Waals surface area contributed by atoms with Crippen LogP contribution >= 0.6 is 11.6 Å². The van der Waals surface area contributed by atoms with Crippen molar-refractivity contribution < 1.29 is 4.79 Å². The molecule has 118 valence electrons. The minimum absolute atomic E-state index is 0.0758. The number of aromatic nitrogens is 4. The Labute approximate surface area is 142 Å². The molecule has 2 aromatic carbocycles. The number of rotatable bonds is 4. The molecule has 0 aliphatic carbocycles. The number of nitrogens with zero attached hydrogens (tertiary/aromatic N) is 5. The molecular formula is C16H11ClN6O. The lowest BCUT2D eigenvalue weighted by Gasteiger charge is -2.04. The van der Waals surface area contributed by atoms with E-state index in [1.165, 1.54) is 4.80 Å². The van der Waals surface area contributed by atoms with Crippen molar-refractivity contribution >= 4 is 23.2 Å². The number of carbonyl (C=O) groups is 1. The molecule has 1 aromatic heterocycles. The highest BCUT2D eigenvalue weighted by molar-refractivity contribution is 6.30. The van der Waals surface area contributed by atoms with E-state index in [0.717, 1.165) is 5.56 Å². The first kappa shape index (κ1) is 15.6. The number of carbonyl (C=O) groups excluding carboxylic acids is 1. The first-order valence-electron chi connectivity index (χ1n) is 6.98. The summed E-state index contributed by atoms with van der Waals surface area (Å²) in [6.07, 6.45) is 0. The van der Waals surface area contributed by atoms with Crippen LogP contribution in [0.25, 0.3) is 11.4 Å². The molecule has 3 aromatic rings. The van der Waals surface area contributed by atoms with Gasteiger partial charge in [-0.1, -0.05) is 23.7 Å². The monoisotopic (exact) mass is 338 g/mol. The summed E-state index contributed by atoms with van der Waals surface area (Å²) in [6.45, 7) is -0.0758. The molecule has 0 saturated carbocycles. The van der Waals surface area contributed by atoms with Crippen molar-refractivity contribution in [3.63, 3.8) is 0 Å². The fourth-order valence-corrected chi connectivity index (χ4v) is 2.20. The van der Waals surface area contributed by atoms with Crippen LogP contribution < -0.4 is 5.32 Å². The second-order valence-electron chi connectivity index (χ2n) is 4.89. The molecule has 0 saturated heterocycles. The van der Waals surface area contributed by atoms with Gasteiger partial charge >= 0.3 is 0 Å². The Balaban J connectivity index is 1.65. The summed E-state index contributed by atoms with van der Waals surface area (Å²) in [5.74, 6) is 0.0958. The second kappa shape index (κ2) is 6.89. The van der Waals surface area contributed by atoms with Crippen LogP contribution in [0.3, 0.4) is 0 Å². The summed E-state index contributed by atoms with van der Waals surface area (Å²) < 4.78 is 0. The standard InChI is InChI=1S/C16H11ClN6O/c17-13-3-1-2-12(8-13)16-20-22-23(21-16)10-15(24)19-14-6-4-11(9-18)5-7-14/h1-8H,10H2,(H,19,24). The Morgan fingerprint density at radius 2 is 2.04 bits per heavy atom. The van der Waals surface area contributed by atoms with E-state index in [-0.39, 0.29) is 12.5 Å². The summed E-state index contributed by atoms with van der Waals surface area (Å²) in [5.41, 5.74) is 1.84. The zero-order chi connectivity index (χ0) is 16.9. The SMILES string of the molecule is N#Cc1ccc(NC(=O)Cn2nnc(-c3cccc(Cl)c3)n2)cc1. The second-order valence-corrected chi connectivity index (χ2v) is 5.33. The van der Waals surface area contributed by atoms with Crippen molar-refractivity contribution in [1.29, 1.82) is 5.26 Å². The summed E-state index contributed by atoms with van der Waals surface area (Å²) >= 11 is 5.93. The van der Waals surface area contributed by atoms with Gasteiger partial charge in [-0.3, -0.25) is 4.79 Å². The van der Waals surface area contributed by atoms with E-state index in [2.05, 4.69) is 20.7 Å². The quantitative estimate of drug-likeness (QED) is 0.788. The Morgan fingerprint density at radius 1 is 1.25 bits per heavy atom. The average molecular weight is 339 g/mol. The molecule has 3 rings (SSSR count). The molecule has 0 fully saturated rings. The van der Waals surface area contributed by atoms with Gasteiger partial charge < -0.3 is 5.32 Å². The van der Waals surface area contributed by atoms with Crippen LogP contribution in [0, 0.1) is 11.3 Å². The van der Waals surface area contributed by atoms with Crippen LogP contribution in [0.1, 0.15) is 5.56 Å². The van der Waals surface area contributed by atoms with E-state index in [0.29, 0.717) is 22.1 Å². The Morgan fingerprint density at radius 3 is 2.75 bits per heavy atom. The van der Waals surface area contributed by atoms with Crippen LogP contribution in [0.4, 0.5) is 5.69 Å². The minimum Gasteiger partial charge on any atom is -0.324 e. The van der Waals surface area contributed by atoms with Crippen LogP contribution in [0.2, 0.25) is 5.02 Å². The fourth-order valence-electron chi connectivity index (χ4n) is 2.01. The maximum atomic E-state index is 12.0. The molecule has 7 nitrogen and oxygen atoms in total. The molecule has 1 heterocycles. The molecule has 1 N–H and O–H groups in total. The topological polar surface area (TPSA) is 96.5 Å². The summed E-state index contributed by atoms with van der Waals surface area (Å²) in [7, 11) is 0. The van der Waals surface area contributed by atoms with Gasteiger partial charge in [0, 0.05) is 16.3 Å². The molecule has 8 heteroatoms. The van der Waals surface area contributed by atoms with Crippen molar-refractivity contribution in [3.8, 4) is 17.5 Å². The largest absolute Gasteiger partial charge is 0.324 e. The van der Waals surface area contributed by atoms with Gasteiger partial charge in [-0.25, -0.2) is 0 Å². The average Bonchev–Trinajstić information content (AvgIpc) is 3.04. The van der Waals surface area contributed by atoms with Gasteiger partial charge in [-0.2, -0.15) is 10.1 Å². The third-order valence-corrected chi connectivity index (χ3v) is 3.35. The van der Waals surface area contributed by atoms with Gasteiger partial charge in [0.25, 0.3) is 0 Å². The summed E-state index contributed by atoms with van der Waals surface area (Å²) in [5, 5.41) is 24.0. The molecule has 24 heavy (non-hydrogen) atoms. The lowest BCUT2D eigenvalue weighted by Crippen LogP contribution is -2.20. The third-order valence-electron chi connectivity index (χ3n) is 3.12. The van der Waals surface area contributed by atoms with Crippen LogP contribution in [-0.4, -0.2) is 26.1 Å². The van der Waals surface area contributed by atoms with E-state index in [1.807, 2.05) is 12.1 Å². The molecule has 1 amide bonds. The Hall–Kier alpha value is -3.24. The summed E-state index contributed by atoms with van der Waals surface area (Å²) in [6, 6.07) is 15.6. The van der Waals surface area contributed by atoms with Crippen molar-refractivity contribution in [2.24, 2.45) is 0 Å². The van der Waals surface area contributed by atoms with Gasteiger partial charge in [-0.05, 0) is 41.6 Å². The number of hydrogen-bond donors (Lipinski definition) is 1. The molecule has 0 spiro atoms. The predicted molar refractivity (Wildman–Crippen MR) is 88.0 cm³/mol. The van der Waals surface area contributed by atoms with E-state index in [1.54, 1.807) is 42.5 Å². The molecule has 0 radical (unpaired) electrons. The zero-order valence-corrected chi connectivity index (χ0v) is 13.1. The number of amides is 1. The normalized spacial score (nSPS) is 10.2. The number of halogens is 1. The first-order valence-corrected chi connectivity index (χ1v) is 7.35. The maximum Gasteiger partial charge on any atom is 0.248 e. The van der Waals surface area contributed by atoms with Crippen LogP contribution in [0.15, 0.2) is 48.5 Å². The fraction of sp³-hybridized carbons (Fsp3) is 0.0625. The molecule has 0 atom stereocenters. The number of anilines is 1. The van der Waals surface area contributed by atoms with Crippen molar-refractivity contribution in [1.82, 2.24) is 20.2 Å². The third kappa shape index (κ3) is 3.74. The highest BCUT2D eigenvalue weighted by Crippen LogP contribution is 2.18. The van der Waals surface area contributed by atoms with Crippen LogP contribution in [0.5, 0.6) is 0 Å². The molecule has 0 bridgehead atoms. The first-order chi connectivity index (χ1) is 11.6. The minimum atomic E-state index is -0.297. The van der Waals surface area contributed by atoms with Crippen molar-refractivity contribution in [2.45, 2.75) is 6.54 Å². The molecule has 0 aliphatic heterocycles. The molecule has 0 aliphatic rings. The smallest absolute Gasteiger partial charge is 0.248 e.